The Morgan fingerprint density at radius 1 is 1.29 bits per heavy atom. The Kier molecular flexibility index (Phi) is 3.87. The van der Waals surface area contributed by atoms with Crippen molar-refractivity contribution in [3.63, 3.8) is 0 Å². The standard InChI is InChI=1S/C15H15FN4O/c16-13-7-11-3-1-5-17-15(11)12(8-13)9-20-10-14(18-19-20)4-2-6-21/h1,3,5,7-8,10,21H,2,4,6,9H2. The van der Waals surface area contributed by atoms with Crippen molar-refractivity contribution in [1.82, 2.24) is 20.0 Å². The molecule has 2 aromatic heterocycles. The maximum absolute atomic E-state index is 13.7. The van der Waals surface area contributed by atoms with Crippen LogP contribution in [-0.2, 0) is 13.0 Å². The molecule has 0 aliphatic carbocycles. The van der Waals surface area contributed by atoms with Crippen LogP contribution < -0.4 is 0 Å². The van der Waals surface area contributed by atoms with Crippen LogP contribution in [0.3, 0.4) is 0 Å². The number of hydrogen-bond acceptors (Lipinski definition) is 4. The monoisotopic (exact) mass is 286 g/mol. The second-order valence-electron chi connectivity index (χ2n) is 4.87. The summed E-state index contributed by atoms with van der Waals surface area (Å²) in [7, 11) is 0. The number of fused-ring (bicyclic) bond motifs is 1. The van der Waals surface area contributed by atoms with Crippen molar-refractivity contribution in [2.45, 2.75) is 19.4 Å². The fourth-order valence-corrected chi connectivity index (χ4v) is 2.31. The predicted octanol–water partition coefficient (Wildman–Crippen LogP) is 1.94. The van der Waals surface area contributed by atoms with E-state index in [2.05, 4.69) is 15.3 Å². The van der Waals surface area contributed by atoms with Gasteiger partial charge >= 0.3 is 0 Å². The number of aliphatic hydroxyl groups excluding tert-OH is 1. The molecular weight excluding hydrogens is 271 g/mol. The molecule has 0 aliphatic heterocycles. The Labute approximate surface area is 121 Å². The zero-order valence-corrected chi connectivity index (χ0v) is 11.4. The number of aliphatic hydroxyl groups is 1. The number of pyridine rings is 1. The van der Waals surface area contributed by atoms with E-state index in [0.29, 0.717) is 19.4 Å². The summed E-state index contributed by atoms with van der Waals surface area (Å²) in [5.41, 5.74) is 2.35. The Hall–Kier alpha value is -2.34. The first-order valence-corrected chi connectivity index (χ1v) is 6.79. The third-order valence-corrected chi connectivity index (χ3v) is 3.26. The number of nitrogens with zero attached hydrogens (tertiary/aromatic N) is 4. The van der Waals surface area contributed by atoms with E-state index < -0.39 is 0 Å². The number of halogens is 1. The van der Waals surface area contributed by atoms with Crippen LogP contribution in [0.25, 0.3) is 10.9 Å². The fraction of sp³-hybridized carbons (Fsp3) is 0.267. The minimum atomic E-state index is -0.286. The van der Waals surface area contributed by atoms with E-state index in [9.17, 15) is 4.39 Å². The normalized spacial score (nSPS) is 11.1. The van der Waals surface area contributed by atoms with Gasteiger partial charge in [0.15, 0.2) is 0 Å². The van der Waals surface area contributed by atoms with Gasteiger partial charge in [0.05, 0.1) is 17.8 Å². The van der Waals surface area contributed by atoms with E-state index in [0.717, 1.165) is 22.2 Å². The molecule has 0 bridgehead atoms. The molecule has 0 saturated heterocycles. The first kappa shape index (κ1) is 13.6. The fourth-order valence-electron chi connectivity index (χ4n) is 2.31. The van der Waals surface area contributed by atoms with Gasteiger partial charge in [-0.2, -0.15) is 0 Å². The summed E-state index contributed by atoms with van der Waals surface area (Å²) in [6.45, 7) is 0.544. The number of benzene rings is 1. The number of hydrogen-bond donors (Lipinski definition) is 1. The highest BCUT2D eigenvalue weighted by atomic mass is 19.1. The van der Waals surface area contributed by atoms with Crippen LogP contribution >= 0.6 is 0 Å². The van der Waals surface area contributed by atoms with E-state index in [-0.39, 0.29) is 12.4 Å². The summed E-state index contributed by atoms with van der Waals surface area (Å²) in [4.78, 5) is 4.31. The zero-order valence-electron chi connectivity index (χ0n) is 11.4. The van der Waals surface area contributed by atoms with Crippen molar-refractivity contribution >= 4 is 10.9 Å². The van der Waals surface area contributed by atoms with E-state index in [1.165, 1.54) is 12.1 Å². The van der Waals surface area contributed by atoms with Gasteiger partial charge in [-0.1, -0.05) is 11.3 Å². The first-order valence-electron chi connectivity index (χ1n) is 6.79. The van der Waals surface area contributed by atoms with Crippen LogP contribution in [0.2, 0.25) is 0 Å². The van der Waals surface area contributed by atoms with Gasteiger partial charge in [0.1, 0.15) is 5.82 Å². The van der Waals surface area contributed by atoms with Gasteiger partial charge in [0.2, 0.25) is 0 Å². The first-order chi connectivity index (χ1) is 10.3. The molecule has 0 fully saturated rings. The van der Waals surface area contributed by atoms with E-state index >= 15 is 0 Å². The minimum Gasteiger partial charge on any atom is -0.396 e. The van der Waals surface area contributed by atoms with Gasteiger partial charge in [-0.15, -0.1) is 5.10 Å². The Bertz CT molecular complexity index is 756. The van der Waals surface area contributed by atoms with Crippen LogP contribution in [0.1, 0.15) is 17.7 Å². The van der Waals surface area contributed by atoms with Gasteiger partial charge in [0, 0.05) is 30.0 Å². The molecule has 0 saturated carbocycles. The zero-order chi connectivity index (χ0) is 14.7. The average molecular weight is 286 g/mol. The molecular formula is C15H15FN4O. The highest BCUT2D eigenvalue weighted by molar-refractivity contribution is 5.81. The highest BCUT2D eigenvalue weighted by Gasteiger charge is 2.08. The van der Waals surface area contributed by atoms with Crippen molar-refractivity contribution < 1.29 is 9.50 Å². The molecule has 0 unspecified atom stereocenters. The van der Waals surface area contributed by atoms with Crippen LogP contribution in [0, 0.1) is 5.82 Å². The van der Waals surface area contributed by atoms with Crippen molar-refractivity contribution in [3.8, 4) is 0 Å². The Morgan fingerprint density at radius 2 is 2.19 bits per heavy atom. The molecule has 0 spiro atoms. The molecule has 0 amide bonds. The molecule has 3 rings (SSSR count). The third-order valence-electron chi connectivity index (χ3n) is 3.26. The third kappa shape index (κ3) is 3.05. The molecule has 5 nitrogen and oxygen atoms in total. The van der Waals surface area contributed by atoms with Crippen molar-refractivity contribution in [1.29, 1.82) is 0 Å². The summed E-state index contributed by atoms with van der Waals surface area (Å²) >= 11 is 0. The molecule has 1 aromatic carbocycles. The van der Waals surface area contributed by atoms with E-state index in [1.807, 2.05) is 12.3 Å². The number of aryl methyl sites for hydroxylation is 1. The Morgan fingerprint density at radius 3 is 3.05 bits per heavy atom. The molecule has 21 heavy (non-hydrogen) atoms. The lowest BCUT2D eigenvalue weighted by Crippen LogP contribution is -2.02. The largest absolute Gasteiger partial charge is 0.396 e. The van der Waals surface area contributed by atoms with Crippen molar-refractivity contribution in [3.05, 3.63) is 53.7 Å². The summed E-state index contributed by atoms with van der Waals surface area (Å²) < 4.78 is 15.3. The number of aromatic nitrogens is 4. The van der Waals surface area contributed by atoms with Gasteiger partial charge in [0.25, 0.3) is 0 Å². The van der Waals surface area contributed by atoms with Crippen LogP contribution in [0.4, 0.5) is 4.39 Å². The molecule has 2 heterocycles. The van der Waals surface area contributed by atoms with Gasteiger partial charge in [-0.05, 0) is 31.0 Å². The summed E-state index contributed by atoms with van der Waals surface area (Å²) in [6.07, 6.45) is 4.84. The lowest BCUT2D eigenvalue weighted by Gasteiger charge is -2.06. The highest BCUT2D eigenvalue weighted by Crippen LogP contribution is 2.19. The molecule has 0 aliphatic rings. The number of rotatable bonds is 5. The summed E-state index contributed by atoms with van der Waals surface area (Å²) in [5.74, 6) is -0.286. The lowest BCUT2D eigenvalue weighted by molar-refractivity contribution is 0.288. The lowest BCUT2D eigenvalue weighted by atomic mass is 10.1. The quantitative estimate of drug-likeness (QED) is 0.778. The SMILES string of the molecule is OCCCc1cn(Cc2cc(F)cc3cccnc23)nn1. The Balaban J connectivity index is 1.89. The van der Waals surface area contributed by atoms with Crippen LogP contribution in [0.5, 0.6) is 0 Å². The molecule has 108 valence electrons. The van der Waals surface area contributed by atoms with Crippen LogP contribution in [0.15, 0.2) is 36.7 Å². The van der Waals surface area contributed by atoms with Crippen molar-refractivity contribution in [2.75, 3.05) is 6.61 Å². The van der Waals surface area contributed by atoms with Crippen molar-refractivity contribution in [2.24, 2.45) is 0 Å². The van der Waals surface area contributed by atoms with E-state index in [4.69, 9.17) is 5.11 Å². The molecule has 0 atom stereocenters. The molecule has 0 radical (unpaired) electrons. The topological polar surface area (TPSA) is 63.8 Å². The minimum absolute atomic E-state index is 0.130. The van der Waals surface area contributed by atoms with Gasteiger partial charge < -0.3 is 5.11 Å². The van der Waals surface area contributed by atoms with Crippen LogP contribution in [-0.4, -0.2) is 31.7 Å². The average Bonchev–Trinajstić information content (AvgIpc) is 2.92. The smallest absolute Gasteiger partial charge is 0.124 e. The second kappa shape index (κ2) is 5.97. The summed E-state index contributed by atoms with van der Waals surface area (Å²) in [6, 6.07) is 6.57. The maximum atomic E-state index is 13.7. The molecule has 1 N–H and O–H groups in total. The van der Waals surface area contributed by atoms with Gasteiger partial charge in [-0.3, -0.25) is 4.98 Å². The maximum Gasteiger partial charge on any atom is 0.124 e. The van der Waals surface area contributed by atoms with E-state index in [1.54, 1.807) is 16.9 Å². The summed E-state index contributed by atoms with van der Waals surface area (Å²) in [5, 5.41) is 17.7. The second-order valence-corrected chi connectivity index (χ2v) is 4.87. The predicted molar refractivity (Wildman–Crippen MR) is 76.2 cm³/mol. The van der Waals surface area contributed by atoms with Gasteiger partial charge in [-0.25, -0.2) is 9.07 Å². The molecule has 3 aromatic rings. The molecule has 6 heteroatoms.